The second kappa shape index (κ2) is 13.7. The average molecular weight is 739 g/mol. The molecule has 1 aromatic heterocycles. The maximum Gasteiger partial charge on any atom is 0.410 e. The molecule has 278 valence electrons. The Balaban J connectivity index is 1.06. The summed E-state index contributed by atoms with van der Waals surface area (Å²) in [5.41, 5.74) is 2.40. The van der Waals surface area contributed by atoms with E-state index in [1.165, 1.54) is 6.08 Å². The molecule has 13 heteroatoms. The van der Waals surface area contributed by atoms with Crippen LogP contribution in [0.1, 0.15) is 57.7 Å². The van der Waals surface area contributed by atoms with E-state index in [4.69, 9.17) is 31.0 Å². The van der Waals surface area contributed by atoms with Crippen LogP contribution in [0, 0.1) is 11.3 Å². The van der Waals surface area contributed by atoms with Gasteiger partial charge in [-0.15, -0.1) is 0 Å². The molecule has 53 heavy (non-hydrogen) atoms. The lowest BCUT2D eigenvalue weighted by Gasteiger charge is -2.42. The molecule has 1 aliphatic carbocycles. The van der Waals surface area contributed by atoms with Crippen LogP contribution in [0.5, 0.6) is 6.01 Å². The fourth-order valence-electron chi connectivity index (χ4n) is 8.84. The van der Waals surface area contributed by atoms with Crippen LogP contribution in [0.15, 0.2) is 49.1 Å². The van der Waals surface area contributed by atoms with E-state index in [1.807, 2.05) is 37.8 Å². The standard InChI is InChI=1S/C40H47ClN8O4/c1-5-34(50)47-19-18-46(21-27(47)12-16-42)36-30-13-17-45(33-11-7-9-26-8-6-10-31(41)35(26)33)24-32(30)43-37(44-36)52-25-40(14-15-40)49-23-28-20-29(49)22-48(28)38(51)53-39(2,3)4/h5-11,27-29H,1,12-15,17-25H2,2-4H3/t27-,28?,29?/m0/s1. The number of hydrogen-bond donors (Lipinski definition) is 0. The molecule has 2 unspecified atom stereocenters. The highest BCUT2D eigenvalue weighted by Gasteiger charge is 2.58. The van der Waals surface area contributed by atoms with Gasteiger partial charge in [-0.3, -0.25) is 9.69 Å². The average Bonchev–Trinajstić information content (AvgIpc) is 3.64. The number of anilines is 2. The summed E-state index contributed by atoms with van der Waals surface area (Å²) in [5.74, 6) is 0.648. The second-order valence-electron chi connectivity index (χ2n) is 16.1. The largest absolute Gasteiger partial charge is 0.461 e. The predicted octanol–water partition coefficient (Wildman–Crippen LogP) is 5.57. The number of hydrogen-bond acceptors (Lipinski definition) is 10. The molecule has 3 saturated heterocycles. The molecule has 12 nitrogen and oxygen atoms in total. The van der Waals surface area contributed by atoms with Gasteiger partial charge in [0.25, 0.3) is 0 Å². The Bertz CT molecular complexity index is 1980. The van der Waals surface area contributed by atoms with Crippen LogP contribution in [0.2, 0.25) is 5.02 Å². The van der Waals surface area contributed by atoms with Crippen molar-refractivity contribution in [3.05, 3.63) is 65.3 Å². The van der Waals surface area contributed by atoms with Gasteiger partial charge in [0.15, 0.2) is 0 Å². The van der Waals surface area contributed by atoms with Gasteiger partial charge in [-0.05, 0) is 70.0 Å². The van der Waals surface area contributed by atoms with Crippen molar-refractivity contribution in [2.45, 2.75) is 88.7 Å². The van der Waals surface area contributed by atoms with Crippen LogP contribution < -0.4 is 14.5 Å². The Hall–Kier alpha value is -4.60. The summed E-state index contributed by atoms with van der Waals surface area (Å²) >= 11 is 6.77. The first-order valence-electron chi connectivity index (χ1n) is 18.7. The highest BCUT2D eigenvalue weighted by atomic mass is 35.5. The van der Waals surface area contributed by atoms with Crippen LogP contribution in [0.25, 0.3) is 10.8 Å². The number of carbonyl (C=O) groups is 2. The van der Waals surface area contributed by atoms with Gasteiger partial charge in [0.2, 0.25) is 5.91 Å². The minimum Gasteiger partial charge on any atom is -0.461 e. The van der Waals surface area contributed by atoms with Gasteiger partial charge in [-0.25, -0.2) is 4.79 Å². The first kappa shape index (κ1) is 35.4. The topological polar surface area (TPSA) is 118 Å². The van der Waals surface area contributed by atoms with E-state index >= 15 is 0 Å². The number of carbonyl (C=O) groups excluding carboxylic acids is 2. The fraction of sp³-hybridized carbons (Fsp3) is 0.525. The minimum absolute atomic E-state index is 0.112. The number of aromatic nitrogens is 2. The summed E-state index contributed by atoms with van der Waals surface area (Å²) in [5, 5.41) is 12.5. The lowest BCUT2D eigenvalue weighted by atomic mass is 10.0. The smallest absolute Gasteiger partial charge is 0.410 e. The molecule has 4 aliphatic heterocycles. The highest BCUT2D eigenvalue weighted by molar-refractivity contribution is 6.36. The third-order valence-electron chi connectivity index (χ3n) is 11.5. The summed E-state index contributed by atoms with van der Waals surface area (Å²) in [7, 11) is 0. The Morgan fingerprint density at radius 2 is 1.83 bits per heavy atom. The predicted molar refractivity (Wildman–Crippen MR) is 203 cm³/mol. The minimum atomic E-state index is -0.524. The number of fused-ring (bicyclic) bond motifs is 4. The maximum atomic E-state index is 12.9. The Morgan fingerprint density at radius 1 is 1.04 bits per heavy atom. The number of nitrogens with zero attached hydrogens (tertiary/aromatic N) is 8. The summed E-state index contributed by atoms with van der Waals surface area (Å²) in [4.78, 5) is 46.5. The molecule has 1 saturated carbocycles. The van der Waals surface area contributed by atoms with Crippen molar-refractivity contribution in [3.8, 4) is 12.1 Å². The molecule has 3 aromatic rings. The van der Waals surface area contributed by atoms with Gasteiger partial charge in [0.1, 0.15) is 18.0 Å². The number of piperazine rings is 2. The number of likely N-dealkylation sites (tertiary alicyclic amines) is 2. The number of rotatable bonds is 8. The molecule has 2 aromatic carbocycles. The SMILES string of the molecule is C=CC(=O)N1CCN(c2nc(OCC3(N4CC5CC4CN5C(=O)OC(C)(C)C)CC3)nc3c2CCN(c2cccc4cccc(Cl)c24)C3)C[C@@H]1CC#N. The lowest BCUT2D eigenvalue weighted by Crippen LogP contribution is -2.55. The number of benzene rings is 2. The van der Waals surface area contributed by atoms with Gasteiger partial charge in [-0.1, -0.05) is 42.4 Å². The van der Waals surface area contributed by atoms with Gasteiger partial charge in [-0.2, -0.15) is 15.2 Å². The molecule has 3 atom stereocenters. The first-order chi connectivity index (χ1) is 25.5. The molecule has 0 radical (unpaired) electrons. The van der Waals surface area contributed by atoms with Gasteiger partial charge in [0.05, 0.1) is 41.3 Å². The van der Waals surface area contributed by atoms with E-state index in [0.717, 1.165) is 72.3 Å². The molecular formula is C40H47ClN8O4. The fourth-order valence-corrected chi connectivity index (χ4v) is 9.12. The van der Waals surface area contributed by atoms with Crippen molar-refractivity contribution in [1.29, 1.82) is 5.26 Å². The van der Waals surface area contributed by atoms with E-state index in [0.29, 0.717) is 50.4 Å². The van der Waals surface area contributed by atoms with E-state index in [1.54, 1.807) is 4.90 Å². The summed E-state index contributed by atoms with van der Waals surface area (Å²) in [6, 6.07) is 15.0. The molecule has 4 fully saturated rings. The van der Waals surface area contributed by atoms with Gasteiger partial charge < -0.3 is 29.1 Å². The van der Waals surface area contributed by atoms with Crippen LogP contribution in [0.3, 0.4) is 0 Å². The number of nitriles is 1. The summed E-state index contributed by atoms with van der Waals surface area (Å²) in [6.07, 6.45) is 5.01. The van der Waals surface area contributed by atoms with Crippen molar-refractivity contribution >= 4 is 45.9 Å². The van der Waals surface area contributed by atoms with Crippen LogP contribution >= 0.6 is 11.6 Å². The van der Waals surface area contributed by atoms with Crippen molar-refractivity contribution in [3.63, 3.8) is 0 Å². The zero-order valence-electron chi connectivity index (χ0n) is 30.8. The third-order valence-corrected chi connectivity index (χ3v) is 11.9. The highest BCUT2D eigenvalue weighted by Crippen LogP contribution is 2.49. The van der Waals surface area contributed by atoms with E-state index in [2.05, 4.69) is 51.6 Å². The van der Waals surface area contributed by atoms with Crippen molar-refractivity contribution in [2.24, 2.45) is 0 Å². The molecule has 0 spiro atoms. The molecule has 5 heterocycles. The lowest BCUT2D eigenvalue weighted by molar-refractivity contribution is -0.128. The normalized spacial score (nSPS) is 23.5. The molecule has 2 amide bonds. The maximum absolute atomic E-state index is 12.9. The molecule has 2 bridgehead atoms. The van der Waals surface area contributed by atoms with Gasteiger partial charge >= 0.3 is 12.1 Å². The number of amides is 2. The van der Waals surface area contributed by atoms with Crippen LogP contribution in [-0.4, -0.2) is 112 Å². The molecule has 5 aliphatic rings. The quantitative estimate of drug-likeness (QED) is 0.272. The van der Waals surface area contributed by atoms with E-state index in [-0.39, 0.29) is 42.1 Å². The zero-order valence-corrected chi connectivity index (χ0v) is 31.5. The molecular weight excluding hydrogens is 692 g/mol. The monoisotopic (exact) mass is 738 g/mol. The van der Waals surface area contributed by atoms with Gasteiger partial charge in [0, 0.05) is 68.0 Å². The Morgan fingerprint density at radius 3 is 2.53 bits per heavy atom. The van der Waals surface area contributed by atoms with Crippen molar-refractivity contribution in [2.75, 3.05) is 55.7 Å². The van der Waals surface area contributed by atoms with Crippen molar-refractivity contribution < 1.29 is 19.1 Å². The van der Waals surface area contributed by atoms with E-state index < -0.39 is 5.60 Å². The first-order valence-corrected chi connectivity index (χ1v) is 19.1. The van der Waals surface area contributed by atoms with Crippen LogP contribution in [0.4, 0.5) is 16.3 Å². The second-order valence-corrected chi connectivity index (χ2v) is 16.5. The summed E-state index contributed by atoms with van der Waals surface area (Å²) < 4.78 is 12.3. The number of ether oxygens (including phenoxy) is 2. The van der Waals surface area contributed by atoms with Crippen LogP contribution in [-0.2, 0) is 22.5 Å². The number of halogens is 1. The zero-order chi connectivity index (χ0) is 37.1. The molecule has 8 rings (SSSR count). The Kier molecular flexibility index (Phi) is 9.14. The Labute approximate surface area is 315 Å². The third kappa shape index (κ3) is 6.74. The molecule has 0 N–H and O–H groups in total. The summed E-state index contributed by atoms with van der Waals surface area (Å²) in [6.45, 7) is 14.2. The van der Waals surface area contributed by atoms with Crippen molar-refractivity contribution in [1.82, 2.24) is 24.7 Å². The van der Waals surface area contributed by atoms with E-state index in [9.17, 15) is 14.9 Å².